The molecule has 4 N–H and O–H groups in total. The zero-order valence-corrected chi connectivity index (χ0v) is 10.9. The molecule has 0 unspecified atom stereocenters. The Bertz CT molecular complexity index is 432. The molecule has 0 aromatic carbocycles. The van der Waals surface area contributed by atoms with Gasteiger partial charge >= 0.3 is 0 Å². The number of nitrogen functional groups attached to an aromatic ring is 1. The van der Waals surface area contributed by atoms with Crippen LogP contribution in [0.1, 0.15) is 12.8 Å². The predicted molar refractivity (Wildman–Crippen MR) is 70.7 cm³/mol. The topological polar surface area (TPSA) is 66.2 Å². The molecule has 1 aliphatic rings. The van der Waals surface area contributed by atoms with Crippen molar-refractivity contribution in [1.29, 1.82) is 0 Å². The molecule has 0 amide bonds. The number of likely N-dealkylation sites (tertiary alicyclic amines) is 1. The molecule has 1 fully saturated rings. The zero-order valence-electron chi connectivity index (χ0n) is 10.9. The summed E-state index contributed by atoms with van der Waals surface area (Å²) >= 11 is 0. The molecule has 2 heterocycles. The van der Waals surface area contributed by atoms with Gasteiger partial charge in [0.1, 0.15) is 0 Å². The van der Waals surface area contributed by atoms with Gasteiger partial charge in [0, 0.05) is 12.6 Å². The smallest absolute Gasteiger partial charge is 0.178 e. The molecule has 0 spiro atoms. The monoisotopic (exact) mass is 271 g/mol. The molecule has 0 saturated carbocycles. The van der Waals surface area contributed by atoms with Crippen LogP contribution in [0.25, 0.3) is 0 Å². The molecule has 106 valence electrons. The third kappa shape index (κ3) is 3.51. The van der Waals surface area contributed by atoms with E-state index < -0.39 is 11.6 Å². The summed E-state index contributed by atoms with van der Waals surface area (Å²) in [7, 11) is 2.09. The lowest BCUT2D eigenvalue weighted by molar-refractivity contribution is 0.226. The van der Waals surface area contributed by atoms with Crippen LogP contribution in [-0.2, 0) is 0 Å². The van der Waals surface area contributed by atoms with Crippen molar-refractivity contribution in [3.8, 4) is 0 Å². The second-order valence-corrected chi connectivity index (χ2v) is 4.92. The van der Waals surface area contributed by atoms with E-state index in [1.165, 1.54) is 0 Å². The van der Waals surface area contributed by atoms with Gasteiger partial charge in [0.2, 0.25) is 0 Å². The van der Waals surface area contributed by atoms with Crippen LogP contribution in [0.4, 0.5) is 20.4 Å². The maximum atomic E-state index is 13.5. The van der Waals surface area contributed by atoms with Gasteiger partial charge in [-0.3, -0.25) is 0 Å². The summed E-state index contributed by atoms with van der Waals surface area (Å²) in [6.45, 7) is 2.72. The summed E-state index contributed by atoms with van der Waals surface area (Å²) in [5.41, 5.74) is 2.11. The third-order valence-corrected chi connectivity index (χ3v) is 3.46. The minimum atomic E-state index is -0.801. The van der Waals surface area contributed by atoms with Crippen molar-refractivity contribution in [3.05, 3.63) is 17.7 Å². The highest BCUT2D eigenvalue weighted by atomic mass is 19.1. The molecular formula is C12H19F2N5. The van der Waals surface area contributed by atoms with E-state index in [0.717, 1.165) is 32.0 Å². The number of piperidine rings is 1. The van der Waals surface area contributed by atoms with E-state index in [1.807, 2.05) is 0 Å². The zero-order chi connectivity index (χ0) is 13.8. The van der Waals surface area contributed by atoms with Crippen molar-refractivity contribution >= 4 is 11.6 Å². The molecule has 0 atom stereocenters. The number of nitrogens with one attached hydrogen (secondary N) is 2. The molecular weight excluding hydrogens is 252 g/mol. The van der Waals surface area contributed by atoms with Crippen molar-refractivity contribution in [3.63, 3.8) is 0 Å². The normalized spacial score (nSPS) is 17.5. The van der Waals surface area contributed by atoms with Crippen LogP contribution >= 0.6 is 0 Å². The molecule has 1 aromatic heterocycles. The quantitative estimate of drug-likeness (QED) is 0.570. The maximum Gasteiger partial charge on any atom is 0.178 e. The lowest BCUT2D eigenvalue weighted by Gasteiger charge is -2.29. The number of hydrogen-bond acceptors (Lipinski definition) is 5. The minimum absolute atomic E-state index is 0.0354. The molecule has 19 heavy (non-hydrogen) atoms. The Kier molecular flexibility index (Phi) is 4.49. The highest BCUT2D eigenvalue weighted by Crippen LogP contribution is 2.20. The van der Waals surface area contributed by atoms with Crippen molar-refractivity contribution in [1.82, 2.24) is 9.88 Å². The first-order valence-electron chi connectivity index (χ1n) is 6.35. The third-order valence-electron chi connectivity index (χ3n) is 3.46. The number of rotatable bonds is 4. The van der Waals surface area contributed by atoms with Crippen molar-refractivity contribution in [2.45, 2.75) is 12.8 Å². The molecule has 1 aromatic rings. The fraction of sp³-hybridized carbons (Fsp3) is 0.583. The Morgan fingerprint density at radius 1 is 1.32 bits per heavy atom. The van der Waals surface area contributed by atoms with Gasteiger partial charge in [-0.05, 0) is 38.9 Å². The van der Waals surface area contributed by atoms with Crippen LogP contribution in [0, 0.1) is 17.6 Å². The summed E-state index contributed by atoms with van der Waals surface area (Å²) in [5, 5.41) is 2.93. The molecule has 0 radical (unpaired) electrons. The van der Waals surface area contributed by atoms with E-state index in [1.54, 1.807) is 0 Å². The van der Waals surface area contributed by atoms with E-state index in [-0.39, 0.29) is 11.6 Å². The number of hydrazine groups is 1. The SMILES string of the molecule is CN1CCC(CNc2nc(NN)c(F)cc2F)CC1. The van der Waals surface area contributed by atoms with Gasteiger partial charge in [-0.1, -0.05) is 0 Å². The van der Waals surface area contributed by atoms with Gasteiger partial charge in [-0.15, -0.1) is 0 Å². The van der Waals surface area contributed by atoms with Gasteiger partial charge in [-0.25, -0.2) is 19.6 Å². The highest BCUT2D eigenvalue weighted by Gasteiger charge is 2.18. The number of nitrogens with two attached hydrogens (primary N) is 1. The van der Waals surface area contributed by atoms with Gasteiger partial charge < -0.3 is 15.6 Å². The molecule has 0 aliphatic carbocycles. The van der Waals surface area contributed by atoms with Crippen LogP contribution in [-0.4, -0.2) is 36.6 Å². The summed E-state index contributed by atoms with van der Waals surface area (Å²) in [4.78, 5) is 6.05. The number of pyridine rings is 1. The Morgan fingerprint density at radius 2 is 1.95 bits per heavy atom. The highest BCUT2D eigenvalue weighted by molar-refractivity contribution is 5.46. The number of nitrogens with zero attached hydrogens (tertiary/aromatic N) is 2. The minimum Gasteiger partial charge on any atom is -0.367 e. The second-order valence-electron chi connectivity index (χ2n) is 4.92. The number of anilines is 2. The average molecular weight is 271 g/mol. The average Bonchev–Trinajstić information content (AvgIpc) is 2.40. The molecule has 0 bridgehead atoms. The molecule has 1 saturated heterocycles. The number of aromatic nitrogens is 1. The van der Waals surface area contributed by atoms with Crippen LogP contribution in [0.5, 0.6) is 0 Å². The maximum absolute atomic E-state index is 13.5. The summed E-state index contributed by atoms with van der Waals surface area (Å²) in [5.74, 6) is 3.97. The Hall–Kier alpha value is -1.47. The lowest BCUT2D eigenvalue weighted by atomic mass is 9.97. The fourth-order valence-corrected chi connectivity index (χ4v) is 2.20. The number of halogens is 2. The van der Waals surface area contributed by atoms with E-state index in [4.69, 9.17) is 5.84 Å². The van der Waals surface area contributed by atoms with Gasteiger partial charge in [0.05, 0.1) is 0 Å². The molecule has 2 rings (SSSR count). The summed E-state index contributed by atoms with van der Waals surface area (Å²) < 4.78 is 26.7. The summed E-state index contributed by atoms with van der Waals surface area (Å²) in [6.07, 6.45) is 2.13. The van der Waals surface area contributed by atoms with E-state index in [2.05, 4.69) is 27.7 Å². The first-order chi connectivity index (χ1) is 9.10. The van der Waals surface area contributed by atoms with Crippen LogP contribution in [0.2, 0.25) is 0 Å². The predicted octanol–water partition coefficient (Wildman–Crippen LogP) is 1.40. The van der Waals surface area contributed by atoms with Crippen molar-refractivity contribution in [2.24, 2.45) is 11.8 Å². The largest absolute Gasteiger partial charge is 0.367 e. The number of hydrogen-bond donors (Lipinski definition) is 3. The molecule has 1 aliphatic heterocycles. The van der Waals surface area contributed by atoms with Gasteiger partial charge in [0.25, 0.3) is 0 Å². The van der Waals surface area contributed by atoms with E-state index in [0.29, 0.717) is 12.5 Å². The van der Waals surface area contributed by atoms with Gasteiger partial charge in [0.15, 0.2) is 23.3 Å². The van der Waals surface area contributed by atoms with Crippen LogP contribution in [0.15, 0.2) is 6.07 Å². The molecule has 5 nitrogen and oxygen atoms in total. The van der Waals surface area contributed by atoms with Crippen molar-refractivity contribution < 1.29 is 8.78 Å². The standard InChI is InChI=1S/C12H19F2N5/c1-19-4-2-8(3-5-19)7-16-11-9(13)6-10(14)12(17-11)18-15/h6,8H,2-5,7,15H2,1H3,(H2,16,17,18). The first-order valence-corrected chi connectivity index (χ1v) is 6.35. The van der Waals surface area contributed by atoms with Crippen LogP contribution in [0.3, 0.4) is 0 Å². The Balaban J connectivity index is 1.95. The van der Waals surface area contributed by atoms with E-state index >= 15 is 0 Å². The molecule has 7 heteroatoms. The Labute approximate surface area is 111 Å². The Morgan fingerprint density at radius 3 is 2.58 bits per heavy atom. The van der Waals surface area contributed by atoms with E-state index in [9.17, 15) is 8.78 Å². The first kappa shape index (κ1) is 14.0. The van der Waals surface area contributed by atoms with Crippen molar-refractivity contribution in [2.75, 3.05) is 37.4 Å². The van der Waals surface area contributed by atoms with Crippen LogP contribution < -0.4 is 16.6 Å². The fourth-order valence-electron chi connectivity index (χ4n) is 2.20. The second kappa shape index (κ2) is 6.12. The van der Waals surface area contributed by atoms with Gasteiger partial charge in [-0.2, -0.15) is 0 Å². The lowest BCUT2D eigenvalue weighted by Crippen LogP contribution is -2.33. The summed E-state index contributed by atoms with van der Waals surface area (Å²) in [6, 6.07) is 0.777.